The Kier molecular flexibility index (Phi) is 5.73. The molecule has 138 valence electrons. The standard InChI is InChI=1S/C18H28N4O3/c23-10-9-22-14-18(7-5-17(22)25)6-2-8-21(13-18)16(24)4-1-3-15-11-19-20-12-15/h11-12,23H,1-10,13-14H2,(H,19,20)/t18-/m0/s1. The van der Waals surface area contributed by atoms with Crippen LogP contribution in [0.2, 0.25) is 0 Å². The molecule has 2 saturated heterocycles. The molecule has 1 aromatic rings. The number of hydrogen-bond donors (Lipinski definition) is 2. The second kappa shape index (κ2) is 7.99. The van der Waals surface area contributed by atoms with Gasteiger partial charge in [-0.15, -0.1) is 0 Å². The molecule has 0 aliphatic carbocycles. The molecule has 3 heterocycles. The molecule has 1 spiro atoms. The molecule has 0 unspecified atom stereocenters. The summed E-state index contributed by atoms with van der Waals surface area (Å²) < 4.78 is 0. The molecule has 2 N–H and O–H groups in total. The van der Waals surface area contributed by atoms with E-state index in [2.05, 4.69) is 10.2 Å². The number of amides is 2. The summed E-state index contributed by atoms with van der Waals surface area (Å²) in [5.41, 5.74) is 1.15. The van der Waals surface area contributed by atoms with Gasteiger partial charge < -0.3 is 14.9 Å². The molecule has 0 aromatic carbocycles. The fourth-order valence-corrected chi connectivity index (χ4v) is 4.20. The predicted molar refractivity (Wildman–Crippen MR) is 92.7 cm³/mol. The molecule has 25 heavy (non-hydrogen) atoms. The number of likely N-dealkylation sites (tertiary alicyclic amines) is 2. The van der Waals surface area contributed by atoms with E-state index in [4.69, 9.17) is 0 Å². The zero-order chi connectivity index (χ0) is 17.7. The van der Waals surface area contributed by atoms with Gasteiger partial charge in [0, 0.05) is 50.6 Å². The average Bonchev–Trinajstić information content (AvgIpc) is 3.12. The Morgan fingerprint density at radius 1 is 1.36 bits per heavy atom. The molecule has 3 rings (SSSR count). The topological polar surface area (TPSA) is 89.5 Å². The third-order valence-electron chi connectivity index (χ3n) is 5.54. The molecule has 2 amide bonds. The highest BCUT2D eigenvalue weighted by molar-refractivity contribution is 5.78. The Morgan fingerprint density at radius 2 is 2.24 bits per heavy atom. The number of aryl methyl sites for hydroxylation is 1. The van der Waals surface area contributed by atoms with Crippen molar-refractivity contribution >= 4 is 11.8 Å². The van der Waals surface area contributed by atoms with Crippen LogP contribution in [0.1, 0.15) is 44.1 Å². The molecular weight excluding hydrogens is 320 g/mol. The maximum absolute atomic E-state index is 12.6. The number of H-pyrrole nitrogens is 1. The fraction of sp³-hybridized carbons (Fsp3) is 0.722. The summed E-state index contributed by atoms with van der Waals surface area (Å²) in [5.74, 6) is 0.344. The number of aliphatic hydroxyl groups excluding tert-OH is 1. The summed E-state index contributed by atoms with van der Waals surface area (Å²) in [5, 5.41) is 15.9. The molecule has 0 saturated carbocycles. The van der Waals surface area contributed by atoms with Crippen LogP contribution in [0, 0.1) is 5.41 Å². The smallest absolute Gasteiger partial charge is 0.222 e. The Labute approximate surface area is 148 Å². The molecule has 7 nitrogen and oxygen atoms in total. The lowest BCUT2D eigenvalue weighted by molar-refractivity contribution is -0.143. The normalized spacial score (nSPS) is 24.1. The SMILES string of the molecule is O=C1CC[C@]2(CCCN(C(=O)CCCc3cn[nH]c3)C2)CN1CCO. The van der Waals surface area contributed by atoms with Gasteiger partial charge >= 0.3 is 0 Å². The third-order valence-corrected chi connectivity index (χ3v) is 5.54. The molecule has 1 aromatic heterocycles. The minimum atomic E-state index is -0.00151. The third kappa shape index (κ3) is 4.39. The monoisotopic (exact) mass is 348 g/mol. The van der Waals surface area contributed by atoms with E-state index in [1.807, 2.05) is 11.1 Å². The lowest BCUT2D eigenvalue weighted by atomic mass is 9.73. The molecule has 2 aliphatic rings. The van der Waals surface area contributed by atoms with Gasteiger partial charge in [0.05, 0.1) is 12.8 Å². The molecule has 2 aliphatic heterocycles. The van der Waals surface area contributed by atoms with Crippen molar-refractivity contribution in [3.8, 4) is 0 Å². The van der Waals surface area contributed by atoms with Gasteiger partial charge in [-0.3, -0.25) is 14.7 Å². The first-order valence-electron chi connectivity index (χ1n) is 9.26. The van der Waals surface area contributed by atoms with Crippen molar-refractivity contribution in [2.75, 3.05) is 32.8 Å². The van der Waals surface area contributed by atoms with E-state index in [9.17, 15) is 14.7 Å². The molecule has 0 radical (unpaired) electrons. The number of piperidine rings is 2. The fourth-order valence-electron chi connectivity index (χ4n) is 4.20. The van der Waals surface area contributed by atoms with Crippen LogP contribution in [0.4, 0.5) is 0 Å². The molecule has 1 atom stereocenters. The van der Waals surface area contributed by atoms with Crippen LogP contribution in [0.5, 0.6) is 0 Å². The van der Waals surface area contributed by atoms with Gasteiger partial charge in [0.15, 0.2) is 0 Å². The van der Waals surface area contributed by atoms with Gasteiger partial charge in [0.25, 0.3) is 0 Å². The van der Waals surface area contributed by atoms with Crippen molar-refractivity contribution in [1.29, 1.82) is 0 Å². The summed E-state index contributed by atoms with van der Waals surface area (Å²) in [4.78, 5) is 28.4. The molecule has 7 heteroatoms. The Balaban J connectivity index is 1.53. The van der Waals surface area contributed by atoms with Crippen LogP contribution >= 0.6 is 0 Å². The number of β-amino-alcohol motifs (C(OH)–C–C–N with tert-alkyl or cyclic N) is 1. The lowest BCUT2D eigenvalue weighted by Gasteiger charge is -2.48. The maximum Gasteiger partial charge on any atom is 0.222 e. The average molecular weight is 348 g/mol. The lowest BCUT2D eigenvalue weighted by Crippen LogP contribution is -2.55. The Bertz CT molecular complexity index is 589. The number of nitrogens with zero attached hydrogens (tertiary/aromatic N) is 3. The number of aromatic nitrogens is 2. The number of carbonyl (C=O) groups excluding carboxylic acids is 2. The van der Waals surface area contributed by atoms with Gasteiger partial charge in [-0.1, -0.05) is 0 Å². The highest BCUT2D eigenvalue weighted by Crippen LogP contribution is 2.39. The van der Waals surface area contributed by atoms with E-state index in [1.54, 1.807) is 11.1 Å². The van der Waals surface area contributed by atoms with Crippen LogP contribution < -0.4 is 0 Å². The first-order valence-corrected chi connectivity index (χ1v) is 9.26. The van der Waals surface area contributed by atoms with Crippen molar-refractivity contribution in [3.63, 3.8) is 0 Å². The van der Waals surface area contributed by atoms with Crippen molar-refractivity contribution < 1.29 is 14.7 Å². The Hall–Kier alpha value is -1.89. The molecule has 2 fully saturated rings. The minimum absolute atomic E-state index is 0.00151. The number of aliphatic hydroxyl groups is 1. The van der Waals surface area contributed by atoms with Crippen LogP contribution in [-0.2, 0) is 16.0 Å². The van der Waals surface area contributed by atoms with E-state index in [-0.39, 0.29) is 23.8 Å². The second-order valence-electron chi connectivity index (χ2n) is 7.42. The van der Waals surface area contributed by atoms with Gasteiger partial charge in [0.2, 0.25) is 11.8 Å². The van der Waals surface area contributed by atoms with Crippen molar-refractivity contribution in [1.82, 2.24) is 20.0 Å². The maximum atomic E-state index is 12.6. The summed E-state index contributed by atoms with van der Waals surface area (Å²) in [7, 11) is 0. The van der Waals surface area contributed by atoms with Gasteiger partial charge in [-0.2, -0.15) is 5.10 Å². The quantitative estimate of drug-likeness (QED) is 0.801. The number of nitrogens with one attached hydrogen (secondary N) is 1. The van der Waals surface area contributed by atoms with Crippen LogP contribution in [0.15, 0.2) is 12.4 Å². The van der Waals surface area contributed by atoms with Gasteiger partial charge in [-0.05, 0) is 37.7 Å². The summed E-state index contributed by atoms with van der Waals surface area (Å²) in [6, 6.07) is 0. The Morgan fingerprint density at radius 3 is 3.00 bits per heavy atom. The van der Waals surface area contributed by atoms with E-state index in [0.717, 1.165) is 50.8 Å². The van der Waals surface area contributed by atoms with Crippen LogP contribution in [0.25, 0.3) is 0 Å². The van der Waals surface area contributed by atoms with Crippen molar-refractivity contribution in [2.45, 2.75) is 44.9 Å². The summed E-state index contributed by atoms with van der Waals surface area (Å²) in [6.07, 6.45) is 9.35. The zero-order valence-corrected chi connectivity index (χ0v) is 14.7. The van der Waals surface area contributed by atoms with E-state index >= 15 is 0 Å². The summed E-state index contributed by atoms with van der Waals surface area (Å²) in [6.45, 7) is 2.63. The first-order chi connectivity index (χ1) is 12.1. The number of carbonyl (C=O) groups is 2. The minimum Gasteiger partial charge on any atom is -0.395 e. The second-order valence-corrected chi connectivity index (χ2v) is 7.42. The molecule has 0 bridgehead atoms. The number of hydrogen-bond acceptors (Lipinski definition) is 4. The zero-order valence-electron chi connectivity index (χ0n) is 14.7. The molecular formula is C18H28N4O3. The van der Waals surface area contributed by atoms with Crippen LogP contribution in [-0.4, -0.2) is 69.7 Å². The van der Waals surface area contributed by atoms with E-state index in [0.29, 0.717) is 25.9 Å². The highest BCUT2D eigenvalue weighted by atomic mass is 16.3. The van der Waals surface area contributed by atoms with Crippen molar-refractivity contribution in [3.05, 3.63) is 18.0 Å². The van der Waals surface area contributed by atoms with Gasteiger partial charge in [-0.25, -0.2) is 0 Å². The first kappa shape index (κ1) is 17.9. The summed E-state index contributed by atoms with van der Waals surface area (Å²) >= 11 is 0. The predicted octanol–water partition coefficient (Wildman–Crippen LogP) is 0.956. The van der Waals surface area contributed by atoms with E-state index < -0.39 is 0 Å². The number of aromatic amines is 1. The van der Waals surface area contributed by atoms with Crippen molar-refractivity contribution in [2.24, 2.45) is 5.41 Å². The number of rotatable bonds is 6. The van der Waals surface area contributed by atoms with Crippen LogP contribution in [0.3, 0.4) is 0 Å². The highest BCUT2D eigenvalue weighted by Gasteiger charge is 2.42. The largest absolute Gasteiger partial charge is 0.395 e. The van der Waals surface area contributed by atoms with Gasteiger partial charge in [0.1, 0.15) is 0 Å². The van der Waals surface area contributed by atoms with E-state index in [1.165, 1.54) is 0 Å².